The monoisotopic (exact) mass is 341 g/mol. The van der Waals surface area contributed by atoms with Crippen LogP contribution in [0.2, 0.25) is 0 Å². The molecule has 1 aromatic heterocycles. The molecule has 0 saturated carbocycles. The van der Waals surface area contributed by atoms with E-state index in [0.717, 1.165) is 16.8 Å². The Kier molecular flexibility index (Phi) is 5.67. The molecule has 134 valence electrons. The molecular weight excluding hydrogens is 314 g/mol. The largest absolute Gasteiger partial charge is 0.495 e. The molecule has 2 amide bonds. The molecule has 0 aliphatic rings. The first-order chi connectivity index (χ1) is 11.7. The van der Waals surface area contributed by atoms with Crippen LogP contribution in [0, 0.1) is 6.92 Å². The molecule has 1 N–H and O–H groups in total. The maximum absolute atomic E-state index is 12.6. The molecule has 1 heterocycles. The van der Waals surface area contributed by atoms with E-state index in [1.807, 2.05) is 37.3 Å². The topological polar surface area (TPSA) is 54.5 Å². The van der Waals surface area contributed by atoms with Gasteiger partial charge in [0.05, 0.1) is 12.8 Å². The van der Waals surface area contributed by atoms with Crippen molar-refractivity contribution in [2.24, 2.45) is 0 Å². The second kappa shape index (κ2) is 7.55. The van der Waals surface area contributed by atoms with E-state index in [4.69, 9.17) is 4.74 Å². The number of carbonyl (C=O) groups excluding carboxylic acids is 1. The zero-order valence-electron chi connectivity index (χ0n) is 15.9. The summed E-state index contributed by atoms with van der Waals surface area (Å²) in [6.07, 6.45) is 1.76. The molecule has 0 bridgehead atoms. The molecular formula is C20H27N3O2. The van der Waals surface area contributed by atoms with Crippen molar-refractivity contribution in [1.29, 1.82) is 0 Å². The van der Waals surface area contributed by atoms with E-state index in [9.17, 15) is 4.79 Å². The normalized spacial score (nSPS) is 11.1. The number of methoxy groups -OCH3 is 1. The molecule has 0 aliphatic heterocycles. The first kappa shape index (κ1) is 18.8. The summed E-state index contributed by atoms with van der Waals surface area (Å²) in [7, 11) is 3.37. The van der Waals surface area contributed by atoms with Gasteiger partial charge in [-0.3, -0.25) is 4.98 Å². The van der Waals surface area contributed by atoms with Crippen LogP contribution in [-0.2, 0) is 12.0 Å². The van der Waals surface area contributed by atoms with E-state index < -0.39 is 0 Å². The smallest absolute Gasteiger partial charge is 0.321 e. The van der Waals surface area contributed by atoms with E-state index in [1.165, 1.54) is 0 Å². The average Bonchev–Trinajstić information content (AvgIpc) is 2.53. The van der Waals surface area contributed by atoms with Gasteiger partial charge in [0, 0.05) is 25.5 Å². The summed E-state index contributed by atoms with van der Waals surface area (Å²) in [6, 6.07) is 9.60. The van der Waals surface area contributed by atoms with Gasteiger partial charge in [0.15, 0.2) is 0 Å². The number of hydrogen-bond donors (Lipinski definition) is 1. The fourth-order valence-corrected chi connectivity index (χ4v) is 2.53. The third-order valence-corrected chi connectivity index (χ3v) is 4.03. The number of benzene rings is 1. The first-order valence-corrected chi connectivity index (χ1v) is 8.33. The maximum atomic E-state index is 12.6. The van der Waals surface area contributed by atoms with Crippen molar-refractivity contribution in [3.63, 3.8) is 0 Å². The van der Waals surface area contributed by atoms with Gasteiger partial charge in [-0.1, -0.05) is 26.8 Å². The number of pyridine rings is 1. The minimum Gasteiger partial charge on any atom is -0.495 e. The zero-order valence-corrected chi connectivity index (χ0v) is 15.9. The summed E-state index contributed by atoms with van der Waals surface area (Å²) in [5.74, 6) is 0.648. The highest BCUT2D eigenvalue weighted by Crippen LogP contribution is 2.31. The summed E-state index contributed by atoms with van der Waals surface area (Å²) in [5, 5.41) is 2.95. The lowest BCUT2D eigenvalue weighted by Crippen LogP contribution is -2.31. The molecule has 5 heteroatoms. The number of anilines is 1. The minimum absolute atomic E-state index is 0.00772. The lowest BCUT2D eigenvalue weighted by molar-refractivity contribution is 0.220. The minimum atomic E-state index is -0.182. The number of aromatic nitrogens is 1. The Morgan fingerprint density at radius 2 is 1.96 bits per heavy atom. The van der Waals surface area contributed by atoms with Gasteiger partial charge in [-0.2, -0.15) is 0 Å². The Hall–Kier alpha value is -2.56. The van der Waals surface area contributed by atoms with Gasteiger partial charge in [0.25, 0.3) is 0 Å². The SMILES string of the molecule is COc1ccc(C(C)(C)C)cc1NC(=O)N(C)Cc1ccnc(C)c1. The number of nitrogens with zero attached hydrogens (tertiary/aromatic N) is 2. The van der Waals surface area contributed by atoms with Gasteiger partial charge < -0.3 is 15.0 Å². The number of amides is 2. The average molecular weight is 341 g/mol. The Morgan fingerprint density at radius 3 is 2.56 bits per heavy atom. The van der Waals surface area contributed by atoms with Gasteiger partial charge in [-0.05, 0) is 47.7 Å². The van der Waals surface area contributed by atoms with E-state index in [2.05, 4.69) is 31.1 Å². The Balaban J connectivity index is 2.15. The van der Waals surface area contributed by atoms with Crippen LogP contribution in [0.4, 0.5) is 10.5 Å². The highest BCUT2D eigenvalue weighted by atomic mass is 16.5. The highest BCUT2D eigenvalue weighted by Gasteiger charge is 2.18. The van der Waals surface area contributed by atoms with Gasteiger partial charge >= 0.3 is 6.03 Å². The third-order valence-electron chi connectivity index (χ3n) is 4.03. The number of carbonyl (C=O) groups is 1. The molecule has 0 aliphatic carbocycles. The number of aryl methyl sites for hydroxylation is 1. The van der Waals surface area contributed by atoms with Crippen LogP contribution in [0.15, 0.2) is 36.5 Å². The van der Waals surface area contributed by atoms with Crippen molar-refractivity contribution in [2.75, 3.05) is 19.5 Å². The van der Waals surface area contributed by atoms with Crippen molar-refractivity contribution in [3.05, 3.63) is 53.3 Å². The van der Waals surface area contributed by atoms with Gasteiger partial charge in [-0.25, -0.2) is 4.79 Å². The standard InChI is InChI=1S/C20H27N3O2/c1-14-11-15(9-10-21-14)13-23(5)19(24)22-17-12-16(20(2,3)4)7-8-18(17)25-6/h7-12H,13H2,1-6H3,(H,22,24). The molecule has 5 nitrogen and oxygen atoms in total. The third kappa shape index (κ3) is 4.95. The number of nitrogens with one attached hydrogen (secondary N) is 1. The predicted molar refractivity (Wildman–Crippen MR) is 101 cm³/mol. The fraction of sp³-hybridized carbons (Fsp3) is 0.400. The van der Waals surface area contributed by atoms with Gasteiger partial charge in [0.2, 0.25) is 0 Å². The summed E-state index contributed by atoms with van der Waals surface area (Å²) in [4.78, 5) is 18.4. The number of urea groups is 1. The second-order valence-corrected chi connectivity index (χ2v) is 7.26. The maximum Gasteiger partial charge on any atom is 0.321 e. The van der Waals surface area contributed by atoms with E-state index in [-0.39, 0.29) is 11.4 Å². The summed E-state index contributed by atoms with van der Waals surface area (Å²) in [5.41, 5.74) is 3.78. The lowest BCUT2D eigenvalue weighted by Gasteiger charge is -2.23. The Bertz CT molecular complexity index is 751. The van der Waals surface area contributed by atoms with Gasteiger partial charge in [0.1, 0.15) is 5.75 Å². The quantitative estimate of drug-likeness (QED) is 0.899. The molecule has 2 rings (SSSR count). The fourth-order valence-electron chi connectivity index (χ4n) is 2.53. The zero-order chi connectivity index (χ0) is 18.6. The van der Waals surface area contributed by atoms with Crippen LogP contribution in [0.25, 0.3) is 0 Å². The molecule has 0 atom stereocenters. The summed E-state index contributed by atoms with van der Waals surface area (Å²) in [6.45, 7) is 8.86. The number of ether oxygens (including phenoxy) is 1. The number of rotatable bonds is 4. The molecule has 0 saturated heterocycles. The van der Waals surface area contributed by atoms with Gasteiger partial charge in [-0.15, -0.1) is 0 Å². The molecule has 1 aromatic carbocycles. The lowest BCUT2D eigenvalue weighted by atomic mass is 9.87. The molecule has 25 heavy (non-hydrogen) atoms. The molecule has 0 fully saturated rings. The van der Waals surface area contributed by atoms with Crippen molar-refractivity contribution >= 4 is 11.7 Å². The number of hydrogen-bond acceptors (Lipinski definition) is 3. The van der Waals surface area contributed by atoms with Crippen LogP contribution < -0.4 is 10.1 Å². The van der Waals surface area contributed by atoms with E-state index in [1.54, 1.807) is 25.3 Å². The first-order valence-electron chi connectivity index (χ1n) is 8.33. The van der Waals surface area contributed by atoms with E-state index in [0.29, 0.717) is 18.0 Å². The van der Waals surface area contributed by atoms with E-state index >= 15 is 0 Å². The summed E-state index contributed by atoms with van der Waals surface area (Å²) < 4.78 is 5.39. The van der Waals surface area contributed by atoms with Crippen molar-refractivity contribution in [1.82, 2.24) is 9.88 Å². The molecule has 2 aromatic rings. The molecule has 0 radical (unpaired) electrons. The molecule has 0 unspecified atom stereocenters. The predicted octanol–water partition coefficient (Wildman–Crippen LogP) is 4.36. The second-order valence-electron chi connectivity index (χ2n) is 7.26. The summed E-state index contributed by atoms with van der Waals surface area (Å²) >= 11 is 0. The van der Waals surface area contributed by atoms with Crippen LogP contribution in [-0.4, -0.2) is 30.1 Å². The van der Waals surface area contributed by atoms with Crippen molar-refractivity contribution in [3.8, 4) is 5.75 Å². The van der Waals surface area contributed by atoms with Crippen molar-refractivity contribution < 1.29 is 9.53 Å². The van der Waals surface area contributed by atoms with Crippen LogP contribution in [0.3, 0.4) is 0 Å². The van der Waals surface area contributed by atoms with Crippen molar-refractivity contribution in [2.45, 2.75) is 39.7 Å². The Labute approximate surface area is 150 Å². The van der Waals surface area contributed by atoms with Crippen LogP contribution >= 0.6 is 0 Å². The van der Waals surface area contributed by atoms with Crippen LogP contribution in [0.1, 0.15) is 37.6 Å². The van der Waals surface area contributed by atoms with Crippen LogP contribution in [0.5, 0.6) is 5.75 Å². The highest BCUT2D eigenvalue weighted by molar-refractivity contribution is 5.91. The Morgan fingerprint density at radius 1 is 1.24 bits per heavy atom. The molecule has 0 spiro atoms.